The number of nitrogens with two attached hydrogens (primary N) is 1. The number of hydrogen-bond acceptors (Lipinski definition) is 3. The van der Waals surface area contributed by atoms with Crippen molar-refractivity contribution in [2.45, 2.75) is 6.54 Å². The first-order valence-electron chi connectivity index (χ1n) is 6.85. The van der Waals surface area contributed by atoms with Crippen LogP contribution in [0.1, 0.15) is 15.9 Å². The summed E-state index contributed by atoms with van der Waals surface area (Å²) in [6, 6.07) is 15.2. The second-order valence-electron chi connectivity index (χ2n) is 5.30. The zero-order valence-electron chi connectivity index (χ0n) is 12.7. The van der Waals surface area contributed by atoms with Gasteiger partial charge >= 0.3 is 0 Å². The quantitative estimate of drug-likeness (QED) is 0.878. The normalized spacial score (nSPS) is 10.2. The monoisotopic (exact) mass is 283 g/mol. The Morgan fingerprint density at radius 1 is 1.00 bits per heavy atom. The molecule has 4 heteroatoms. The summed E-state index contributed by atoms with van der Waals surface area (Å²) in [5.74, 6) is -0.0106. The summed E-state index contributed by atoms with van der Waals surface area (Å²) in [4.78, 5) is 16.1. The lowest BCUT2D eigenvalue weighted by Crippen LogP contribution is -2.26. The Bertz CT molecular complexity index is 620. The summed E-state index contributed by atoms with van der Waals surface area (Å²) < 4.78 is 0. The van der Waals surface area contributed by atoms with Gasteiger partial charge in [-0.05, 0) is 35.9 Å². The van der Waals surface area contributed by atoms with Crippen LogP contribution in [0.2, 0.25) is 0 Å². The Morgan fingerprint density at radius 2 is 1.62 bits per heavy atom. The minimum Gasteiger partial charge on any atom is -0.398 e. The lowest BCUT2D eigenvalue weighted by atomic mass is 10.1. The molecule has 0 fully saturated rings. The third-order valence-electron chi connectivity index (χ3n) is 3.44. The van der Waals surface area contributed by atoms with E-state index in [0.29, 0.717) is 17.8 Å². The molecule has 0 unspecified atom stereocenters. The maximum Gasteiger partial charge on any atom is 0.253 e. The van der Waals surface area contributed by atoms with Crippen LogP contribution >= 0.6 is 0 Å². The fraction of sp³-hybridized carbons (Fsp3) is 0.235. The van der Waals surface area contributed by atoms with Gasteiger partial charge in [0.2, 0.25) is 0 Å². The lowest BCUT2D eigenvalue weighted by molar-refractivity contribution is 0.0785. The molecule has 2 rings (SSSR count). The average molecular weight is 283 g/mol. The molecule has 0 aliphatic rings. The molecule has 0 atom stereocenters. The fourth-order valence-electron chi connectivity index (χ4n) is 2.13. The summed E-state index contributed by atoms with van der Waals surface area (Å²) in [6.07, 6.45) is 0. The van der Waals surface area contributed by atoms with Gasteiger partial charge in [-0.1, -0.05) is 18.2 Å². The number of nitrogen functional groups attached to an aromatic ring is 1. The number of benzene rings is 2. The van der Waals surface area contributed by atoms with Crippen LogP contribution in [0.4, 0.5) is 11.4 Å². The van der Waals surface area contributed by atoms with E-state index in [9.17, 15) is 4.79 Å². The number of hydrogen-bond donors (Lipinski definition) is 1. The van der Waals surface area contributed by atoms with Crippen LogP contribution in [0.3, 0.4) is 0 Å². The van der Waals surface area contributed by atoms with Crippen molar-refractivity contribution in [1.82, 2.24) is 4.90 Å². The molecule has 0 radical (unpaired) electrons. The first kappa shape index (κ1) is 14.9. The summed E-state index contributed by atoms with van der Waals surface area (Å²) in [5, 5.41) is 0. The van der Waals surface area contributed by atoms with Gasteiger partial charge in [0.1, 0.15) is 0 Å². The number of amides is 1. The van der Waals surface area contributed by atoms with Crippen molar-refractivity contribution in [2.24, 2.45) is 0 Å². The number of rotatable bonds is 4. The molecule has 2 aromatic carbocycles. The van der Waals surface area contributed by atoms with Gasteiger partial charge in [-0.15, -0.1) is 0 Å². The van der Waals surface area contributed by atoms with E-state index < -0.39 is 0 Å². The molecule has 21 heavy (non-hydrogen) atoms. The molecular weight excluding hydrogens is 262 g/mol. The van der Waals surface area contributed by atoms with Gasteiger partial charge in [0, 0.05) is 44.6 Å². The highest BCUT2D eigenvalue weighted by Crippen LogP contribution is 2.16. The van der Waals surface area contributed by atoms with E-state index in [2.05, 4.69) is 0 Å². The third-order valence-corrected chi connectivity index (χ3v) is 3.44. The Labute approximate surface area is 125 Å². The lowest BCUT2D eigenvalue weighted by Gasteiger charge is -2.19. The highest BCUT2D eigenvalue weighted by atomic mass is 16.2. The molecule has 0 saturated carbocycles. The standard InChI is InChI=1S/C17H21N3O/c1-19(2)15-10-8-13(9-11-15)17(21)20(3)12-14-6-4-5-7-16(14)18/h4-11H,12,18H2,1-3H3. The Hall–Kier alpha value is -2.49. The van der Waals surface area contributed by atoms with Gasteiger partial charge in [0.25, 0.3) is 5.91 Å². The summed E-state index contributed by atoms with van der Waals surface area (Å²) in [5.41, 5.74) is 9.33. The number of carbonyl (C=O) groups is 1. The largest absolute Gasteiger partial charge is 0.398 e. The highest BCUT2D eigenvalue weighted by Gasteiger charge is 2.13. The van der Waals surface area contributed by atoms with Crippen LogP contribution in [0, 0.1) is 0 Å². The van der Waals surface area contributed by atoms with Crippen molar-refractivity contribution in [2.75, 3.05) is 31.8 Å². The van der Waals surface area contributed by atoms with E-state index in [-0.39, 0.29) is 5.91 Å². The van der Waals surface area contributed by atoms with Crippen molar-refractivity contribution in [3.63, 3.8) is 0 Å². The highest BCUT2D eigenvalue weighted by molar-refractivity contribution is 5.94. The van der Waals surface area contributed by atoms with E-state index in [1.807, 2.05) is 67.5 Å². The zero-order valence-corrected chi connectivity index (χ0v) is 12.7. The second-order valence-corrected chi connectivity index (χ2v) is 5.30. The van der Waals surface area contributed by atoms with Gasteiger partial charge in [-0.3, -0.25) is 4.79 Å². The van der Waals surface area contributed by atoms with E-state index >= 15 is 0 Å². The number of para-hydroxylation sites is 1. The molecule has 0 heterocycles. The molecule has 0 spiro atoms. The predicted octanol–water partition coefficient (Wildman–Crippen LogP) is 2.61. The van der Waals surface area contributed by atoms with Crippen molar-refractivity contribution < 1.29 is 4.79 Å². The molecule has 0 bridgehead atoms. The van der Waals surface area contributed by atoms with E-state index in [0.717, 1.165) is 11.3 Å². The van der Waals surface area contributed by atoms with Gasteiger partial charge in [0.15, 0.2) is 0 Å². The van der Waals surface area contributed by atoms with Crippen molar-refractivity contribution in [3.05, 3.63) is 59.7 Å². The maximum absolute atomic E-state index is 12.4. The minimum absolute atomic E-state index is 0.0106. The summed E-state index contributed by atoms with van der Waals surface area (Å²) >= 11 is 0. The number of carbonyl (C=O) groups excluding carboxylic acids is 1. The second kappa shape index (κ2) is 6.31. The van der Waals surface area contributed by atoms with Crippen LogP contribution in [-0.4, -0.2) is 32.0 Å². The third kappa shape index (κ3) is 3.54. The minimum atomic E-state index is -0.0106. The van der Waals surface area contributed by atoms with Crippen LogP contribution in [0.5, 0.6) is 0 Å². The Kier molecular flexibility index (Phi) is 4.48. The van der Waals surface area contributed by atoms with E-state index in [1.165, 1.54) is 0 Å². The first-order chi connectivity index (χ1) is 9.99. The van der Waals surface area contributed by atoms with Gasteiger partial charge in [0.05, 0.1) is 0 Å². The topological polar surface area (TPSA) is 49.6 Å². The van der Waals surface area contributed by atoms with Gasteiger partial charge in [-0.2, -0.15) is 0 Å². The van der Waals surface area contributed by atoms with Crippen LogP contribution in [0.25, 0.3) is 0 Å². The van der Waals surface area contributed by atoms with E-state index in [1.54, 1.807) is 11.9 Å². The van der Waals surface area contributed by atoms with Crippen LogP contribution < -0.4 is 10.6 Å². The molecular formula is C17H21N3O. The Balaban J connectivity index is 2.10. The van der Waals surface area contributed by atoms with Crippen molar-refractivity contribution >= 4 is 17.3 Å². The molecule has 2 aromatic rings. The van der Waals surface area contributed by atoms with Gasteiger partial charge < -0.3 is 15.5 Å². The molecule has 2 N–H and O–H groups in total. The molecule has 0 aliphatic carbocycles. The molecule has 1 amide bonds. The van der Waals surface area contributed by atoms with Crippen LogP contribution in [-0.2, 0) is 6.54 Å². The molecule has 0 saturated heterocycles. The Morgan fingerprint density at radius 3 is 2.19 bits per heavy atom. The average Bonchev–Trinajstić information content (AvgIpc) is 2.49. The van der Waals surface area contributed by atoms with Crippen LogP contribution in [0.15, 0.2) is 48.5 Å². The van der Waals surface area contributed by atoms with Crippen molar-refractivity contribution in [3.8, 4) is 0 Å². The predicted molar refractivity (Wildman–Crippen MR) is 87.4 cm³/mol. The molecule has 110 valence electrons. The fourth-order valence-corrected chi connectivity index (χ4v) is 2.13. The number of anilines is 2. The smallest absolute Gasteiger partial charge is 0.253 e. The molecule has 4 nitrogen and oxygen atoms in total. The summed E-state index contributed by atoms with van der Waals surface area (Å²) in [6.45, 7) is 0.501. The zero-order chi connectivity index (χ0) is 15.4. The van der Waals surface area contributed by atoms with Gasteiger partial charge in [-0.25, -0.2) is 0 Å². The molecule has 0 aliphatic heterocycles. The first-order valence-corrected chi connectivity index (χ1v) is 6.85. The van der Waals surface area contributed by atoms with Crippen molar-refractivity contribution in [1.29, 1.82) is 0 Å². The summed E-state index contributed by atoms with van der Waals surface area (Å²) in [7, 11) is 5.73. The maximum atomic E-state index is 12.4. The number of nitrogens with zero attached hydrogens (tertiary/aromatic N) is 2. The van der Waals surface area contributed by atoms with E-state index in [4.69, 9.17) is 5.73 Å². The molecule has 0 aromatic heterocycles. The SMILES string of the molecule is CN(Cc1ccccc1N)C(=O)c1ccc(N(C)C)cc1.